The van der Waals surface area contributed by atoms with E-state index in [0.29, 0.717) is 12.6 Å². The highest BCUT2D eigenvalue weighted by Crippen LogP contribution is 2.17. The van der Waals surface area contributed by atoms with Crippen molar-refractivity contribution in [1.29, 1.82) is 0 Å². The Labute approximate surface area is 97.8 Å². The van der Waals surface area contributed by atoms with Gasteiger partial charge in [0.05, 0.1) is 6.54 Å². The van der Waals surface area contributed by atoms with Gasteiger partial charge in [-0.15, -0.1) is 0 Å². The fraction of sp³-hybridized carbons (Fsp3) is 0.917. The van der Waals surface area contributed by atoms with Crippen LogP contribution in [0.15, 0.2) is 0 Å². The zero-order chi connectivity index (χ0) is 11.2. The lowest BCUT2D eigenvalue weighted by molar-refractivity contribution is -0.123. The number of carbonyl (C=O) groups excluding carboxylic acids is 1. The van der Waals surface area contributed by atoms with Crippen molar-refractivity contribution < 1.29 is 4.79 Å². The second kappa shape index (κ2) is 6.21. The molecule has 0 spiro atoms. The lowest BCUT2D eigenvalue weighted by atomic mass is 9.95. The Kier molecular flexibility index (Phi) is 4.60. The Morgan fingerprint density at radius 2 is 1.88 bits per heavy atom. The van der Waals surface area contributed by atoms with Gasteiger partial charge in [-0.25, -0.2) is 0 Å². The molecular formula is C12H23N3O. The third-order valence-electron chi connectivity index (χ3n) is 3.55. The van der Waals surface area contributed by atoms with Gasteiger partial charge in [0.1, 0.15) is 0 Å². The normalized spacial score (nSPS) is 24.2. The number of carbonyl (C=O) groups is 1. The summed E-state index contributed by atoms with van der Waals surface area (Å²) in [5.41, 5.74) is 0. The Bertz CT molecular complexity index is 198. The van der Waals surface area contributed by atoms with Crippen LogP contribution in [0.5, 0.6) is 0 Å². The summed E-state index contributed by atoms with van der Waals surface area (Å²) < 4.78 is 0. The minimum absolute atomic E-state index is 0.216. The molecule has 2 rings (SSSR count). The molecule has 1 aliphatic carbocycles. The molecule has 2 fully saturated rings. The number of amides is 1. The first-order chi connectivity index (χ1) is 7.84. The van der Waals surface area contributed by atoms with Crippen LogP contribution < -0.4 is 10.6 Å². The number of nitrogens with zero attached hydrogens (tertiary/aromatic N) is 1. The number of hydrogen-bond acceptors (Lipinski definition) is 3. The van der Waals surface area contributed by atoms with Crippen LogP contribution in [0.25, 0.3) is 0 Å². The van der Waals surface area contributed by atoms with Crippen molar-refractivity contribution in [2.24, 2.45) is 0 Å². The Balaban J connectivity index is 1.66. The van der Waals surface area contributed by atoms with E-state index in [2.05, 4.69) is 15.5 Å². The third kappa shape index (κ3) is 3.76. The van der Waals surface area contributed by atoms with Crippen LogP contribution in [0.2, 0.25) is 0 Å². The molecule has 16 heavy (non-hydrogen) atoms. The summed E-state index contributed by atoms with van der Waals surface area (Å²) in [5, 5.41) is 6.46. The van der Waals surface area contributed by atoms with E-state index >= 15 is 0 Å². The Hall–Kier alpha value is -0.610. The summed E-state index contributed by atoms with van der Waals surface area (Å²) in [6, 6.07) is 0.448. The van der Waals surface area contributed by atoms with Crippen molar-refractivity contribution in [3.63, 3.8) is 0 Å². The molecular weight excluding hydrogens is 202 g/mol. The summed E-state index contributed by atoms with van der Waals surface area (Å²) in [7, 11) is 0. The van der Waals surface area contributed by atoms with E-state index in [9.17, 15) is 4.79 Å². The van der Waals surface area contributed by atoms with Crippen molar-refractivity contribution in [3.05, 3.63) is 0 Å². The summed E-state index contributed by atoms with van der Waals surface area (Å²) in [6.45, 7) is 4.60. The monoisotopic (exact) mass is 225 g/mol. The van der Waals surface area contributed by atoms with E-state index in [-0.39, 0.29) is 5.91 Å². The molecule has 92 valence electrons. The molecule has 2 aliphatic rings. The van der Waals surface area contributed by atoms with Gasteiger partial charge in [-0.05, 0) is 12.8 Å². The van der Waals surface area contributed by atoms with Gasteiger partial charge < -0.3 is 10.6 Å². The molecule has 1 amide bonds. The number of piperazine rings is 1. The zero-order valence-electron chi connectivity index (χ0n) is 10.0. The molecule has 1 saturated heterocycles. The average molecular weight is 225 g/mol. The van der Waals surface area contributed by atoms with E-state index in [1.54, 1.807) is 0 Å². The van der Waals surface area contributed by atoms with E-state index in [1.165, 1.54) is 32.1 Å². The fourth-order valence-corrected chi connectivity index (χ4v) is 2.59. The predicted octanol–water partition coefficient (Wildman–Crippen LogP) is 0.341. The first kappa shape index (κ1) is 11.9. The van der Waals surface area contributed by atoms with Crippen LogP contribution in [-0.2, 0) is 4.79 Å². The number of hydrogen-bond donors (Lipinski definition) is 2. The fourth-order valence-electron chi connectivity index (χ4n) is 2.59. The van der Waals surface area contributed by atoms with Crippen LogP contribution >= 0.6 is 0 Å². The molecule has 0 atom stereocenters. The van der Waals surface area contributed by atoms with Gasteiger partial charge in [0.2, 0.25) is 5.91 Å². The molecule has 1 saturated carbocycles. The second-order valence-corrected chi connectivity index (χ2v) is 4.93. The minimum Gasteiger partial charge on any atom is -0.352 e. The van der Waals surface area contributed by atoms with Crippen LogP contribution in [0.3, 0.4) is 0 Å². The van der Waals surface area contributed by atoms with Gasteiger partial charge in [0.25, 0.3) is 0 Å². The van der Waals surface area contributed by atoms with E-state index in [4.69, 9.17) is 0 Å². The topological polar surface area (TPSA) is 44.4 Å². The number of rotatable bonds is 3. The van der Waals surface area contributed by atoms with E-state index in [1.807, 2.05) is 0 Å². The van der Waals surface area contributed by atoms with Gasteiger partial charge in [0, 0.05) is 32.2 Å². The first-order valence-electron chi connectivity index (χ1n) is 6.57. The molecule has 4 nitrogen and oxygen atoms in total. The largest absolute Gasteiger partial charge is 0.352 e. The van der Waals surface area contributed by atoms with Gasteiger partial charge in [-0.1, -0.05) is 19.3 Å². The van der Waals surface area contributed by atoms with Crippen LogP contribution in [0.1, 0.15) is 32.1 Å². The standard InChI is InChI=1S/C12H23N3O/c16-12(10-15-8-6-13-7-9-15)14-11-4-2-1-3-5-11/h11,13H,1-10H2,(H,14,16). The average Bonchev–Trinajstić information content (AvgIpc) is 2.31. The second-order valence-electron chi connectivity index (χ2n) is 4.93. The Morgan fingerprint density at radius 1 is 1.19 bits per heavy atom. The molecule has 0 aromatic heterocycles. The highest BCUT2D eigenvalue weighted by atomic mass is 16.2. The van der Waals surface area contributed by atoms with Crippen molar-refractivity contribution in [3.8, 4) is 0 Å². The highest BCUT2D eigenvalue weighted by molar-refractivity contribution is 5.78. The van der Waals surface area contributed by atoms with Crippen molar-refractivity contribution in [1.82, 2.24) is 15.5 Å². The minimum atomic E-state index is 0.216. The van der Waals surface area contributed by atoms with Gasteiger partial charge >= 0.3 is 0 Å². The summed E-state index contributed by atoms with van der Waals surface area (Å²) in [4.78, 5) is 14.0. The van der Waals surface area contributed by atoms with Crippen LogP contribution in [-0.4, -0.2) is 49.6 Å². The Morgan fingerprint density at radius 3 is 2.56 bits per heavy atom. The van der Waals surface area contributed by atoms with Crippen molar-refractivity contribution in [2.45, 2.75) is 38.1 Å². The molecule has 4 heteroatoms. The lowest BCUT2D eigenvalue weighted by Gasteiger charge is -2.28. The predicted molar refractivity (Wildman–Crippen MR) is 64.3 cm³/mol. The molecule has 0 bridgehead atoms. The maximum absolute atomic E-state index is 11.8. The van der Waals surface area contributed by atoms with Crippen molar-refractivity contribution in [2.75, 3.05) is 32.7 Å². The molecule has 0 radical (unpaired) electrons. The SMILES string of the molecule is O=C(CN1CCNCC1)NC1CCCCC1. The zero-order valence-corrected chi connectivity index (χ0v) is 10.0. The van der Waals surface area contributed by atoms with Crippen molar-refractivity contribution >= 4 is 5.91 Å². The smallest absolute Gasteiger partial charge is 0.234 e. The first-order valence-corrected chi connectivity index (χ1v) is 6.57. The summed E-state index contributed by atoms with van der Waals surface area (Å²) in [5.74, 6) is 0.216. The maximum atomic E-state index is 11.8. The molecule has 0 unspecified atom stereocenters. The molecule has 0 aromatic carbocycles. The van der Waals surface area contributed by atoms with Gasteiger partial charge in [-0.2, -0.15) is 0 Å². The molecule has 1 heterocycles. The molecule has 0 aromatic rings. The maximum Gasteiger partial charge on any atom is 0.234 e. The lowest BCUT2D eigenvalue weighted by Crippen LogP contribution is -2.49. The van der Waals surface area contributed by atoms with Gasteiger partial charge in [-0.3, -0.25) is 9.69 Å². The molecule has 2 N–H and O–H groups in total. The summed E-state index contributed by atoms with van der Waals surface area (Å²) >= 11 is 0. The van der Waals surface area contributed by atoms with Gasteiger partial charge in [0.15, 0.2) is 0 Å². The molecule has 1 aliphatic heterocycles. The quantitative estimate of drug-likeness (QED) is 0.728. The summed E-state index contributed by atoms with van der Waals surface area (Å²) in [6.07, 6.45) is 6.24. The number of nitrogens with one attached hydrogen (secondary N) is 2. The van der Waals surface area contributed by atoms with E-state index < -0.39 is 0 Å². The third-order valence-corrected chi connectivity index (χ3v) is 3.55. The van der Waals surface area contributed by atoms with E-state index in [0.717, 1.165) is 26.2 Å². The highest BCUT2D eigenvalue weighted by Gasteiger charge is 2.18. The van der Waals surface area contributed by atoms with Crippen LogP contribution in [0, 0.1) is 0 Å². The van der Waals surface area contributed by atoms with Crippen LogP contribution in [0.4, 0.5) is 0 Å².